The van der Waals surface area contributed by atoms with Crippen LogP contribution in [0.3, 0.4) is 0 Å². The van der Waals surface area contributed by atoms with Crippen molar-refractivity contribution in [2.45, 2.75) is 26.7 Å². The Morgan fingerprint density at radius 2 is 1.72 bits per heavy atom. The number of amides is 1. The van der Waals surface area contributed by atoms with Crippen LogP contribution in [0.15, 0.2) is 40.8 Å². The first-order valence-corrected chi connectivity index (χ1v) is 6.54. The number of thioether (sulfide) groups is 1. The van der Waals surface area contributed by atoms with Gasteiger partial charge in [0.15, 0.2) is 0 Å². The van der Waals surface area contributed by atoms with Gasteiger partial charge in [0, 0.05) is 12.0 Å². The average Bonchev–Trinajstić information content (AvgIpc) is 2.34. The minimum absolute atomic E-state index is 0.00345. The maximum atomic E-state index is 12.0. The van der Waals surface area contributed by atoms with Gasteiger partial charge in [-0.15, -0.1) is 0 Å². The van der Waals surface area contributed by atoms with E-state index in [-0.39, 0.29) is 17.4 Å². The van der Waals surface area contributed by atoms with Crippen molar-refractivity contribution in [1.29, 1.82) is 0 Å². The van der Waals surface area contributed by atoms with Crippen LogP contribution >= 0.6 is 11.8 Å². The summed E-state index contributed by atoms with van der Waals surface area (Å²) in [5.74, 6) is -0.346. The number of hydrogen-bond donors (Lipinski definition) is 1. The third-order valence-corrected chi connectivity index (χ3v) is 3.66. The summed E-state index contributed by atoms with van der Waals surface area (Å²) >= 11 is 1.18. The van der Waals surface area contributed by atoms with Crippen LogP contribution in [-0.4, -0.2) is 11.0 Å². The molecule has 1 aromatic rings. The number of carbonyl (C=O) groups is 2. The van der Waals surface area contributed by atoms with Crippen molar-refractivity contribution in [3.05, 3.63) is 46.4 Å². The van der Waals surface area contributed by atoms with Crippen LogP contribution in [0.4, 0.5) is 0 Å². The molecule has 0 aliphatic heterocycles. The van der Waals surface area contributed by atoms with Gasteiger partial charge < -0.3 is 5.73 Å². The van der Waals surface area contributed by atoms with E-state index in [9.17, 15) is 9.59 Å². The van der Waals surface area contributed by atoms with Crippen LogP contribution in [0.2, 0.25) is 0 Å². The lowest BCUT2D eigenvalue weighted by molar-refractivity contribution is -0.117. The molecule has 0 aromatic heterocycles. The number of hydrogen-bond acceptors (Lipinski definition) is 3. The van der Waals surface area contributed by atoms with Crippen molar-refractivity contribution >= 4 is 22.8 Å². The van der Waals surface area contributed by atoms with E-state index >= 15 is 0 Å². The molecular formula is C14H17NO2S. The molecule has 96 valence electrons. The first kappa shape index (κ1) is 14.5. The van der Waals surface area contributed by atoms with Crippen LogP contribution in [0.25, 0.3) is 0 Å². The van der Waals surface area contributed by atoms with E-state index < -0.39 is 0 Å². The highest BCUT2D eigenvalue weighted by Crippen LogP contribution is 2.28. The van der Waals surface area contributed by atoms with Crippen molar-refractivity contribution in [3.63, 3.8) is 0 Å². The molecule has 0 bridgehead atoms. The van der Waals surface area contributed by atoms with Gasteiger partial charge in [-0.2, -0.15) is 0 Å². The lowest BCUT2D eigenvalue weighted by Crippen LogP contribution is -2.10. The van der Waals surface area contributed by atoms with Crippen molar-refractivity contribution in [3.8, 4) is 0 Å². The summed E-state index contributed by atoms with van der Waals surface area (Å²) in [5, 5.41) is -0.00345. The topological polar surface area (TPSA) is 60.2 Å². The van der Waals surface area contributed by atoms with Gasteiger partial charge in [0.2, 0.25) is 11.0 Å². The molecule has 0 aliphatic carbocycles. The van der Waals surface area contributed by atoms with Crippen LogP contribution in [0.1, 0.15) is 37.0 Å². The summed E-state index contributed by atoms with van der Waals surface area (Å²) in [6, 6.07) is 9.10. The summed E-state index contributed by atoms with van der Waals surface area (Å²) in [7, 11) is 0. The number of nitrogens with two attached hydrogens (primary N) is 1. The predicted octanol–water partition coefficient (Wildman–Crippen LogP) is 3.12. The number of benzene rings is 1. The second-order valence-electron chi connectivity index (χ2n) is 4.15. The Bertz CT molecular complexity index is 462. The number of primary amides is 1. The molecule has 1 rings (SSSR count). The monoisotopic (exact) mass is 263 g/mol. The molecule has 3 nitrogen and oxygen atoms in total. The maximum Gasteiger partial charge on any atom is 0.223 e. The lowest BCUT2D eigenvalue weighted by atomic mass is 10.2. The molecule has 0 spiro atoms. The summed E-state index contributed by atoms with van der Waals surface area (Å²) in [5.41, 5.74) is 6.84. The predicted molar refractivity (Wildman–Crippen MR) is 75.2 cm³/mol. The Hall–Kier alpha value is -1.55. The first-order valence-electron chi connectivity index (χ1n) is 5.72. The number of carbonyl (C=O) groups excluding carboxylic acids is 2. The molecule has 0 radical (unpaired) electrons. The van der Waals surface area contributed by atoms with E-state index in [4.69, 9.17) is 5.73 Å². The second-order valence-corrected chi connectivity index (χ2v) is 5.21. The summed E-state index contributed by atoms with van der Waals surface area (Å²) in [6.07, 6.45) is 0.802. The van der Waals surface area contributed by atoms with Gasteiger partial charge in [0.05, 0.1) is 0 Å². The molecule has 2 N–H and O–H groups in total. The standard InChI is InChI=1S/C14H17NO2S/c1-10(2)12(8-9-13(15)16)18-14(17)11-6-4-3-5-7-11/h3-7H,8-9H2,1-2H3,(H2,15,16). The van der Waals surface area contributed by atoms with Gasteiger partial charge in [-0.1, -0.05) is 47.7 Å². The van der Waals surface area contributed by atoms with Crippen molar-refractivity contribution in [2.75, 3.05) is 0 Å². The van der Waals surface area contributed by atoms with Crippen LogP contribution in [0.5, 0.6) is 0 Å². The average molecular weight is 263 g/mol. The molecule has 0 fully saturated rings. The van der Waals surface area contributed by atoms with Gasteiger partial charge in [0.25, 0.3) is 0 Å². The van der Waals surface area contributed by atoms with Crippen molar-refractivity contribution in [2.24, 2.45) is 5.73 Å². The SMILES string of the molecule is CC(C)=C(CCC(N)=O)SC(=O)c1ccccc1. The van der Waals surface area contributed by atoms with Gasteiger partial charge in [-0.05, 0) is 25.2 Å². The molecule has 4 heteroatoms. The molecule has 0 unspecified atom stereocenters. The van der Waals surface area contributed by atoms with Crippen molar-refractivity contribution < 1.29 is 9.59 Å². The molecule has 0 saturated carbocycles. The highest BCUT2D eigenvalue weighted by molar-refractivity contribution is 8.17. The largest absolute Gasteiger partial charge is 0.370 e. The van der Waals surface area contributed by atoms with E-state index in [1.807, 2.05) is 32.0 Å². The zero-order chi connectivity index (χ0) is 13.5. The number of allylic oxidation sites excluding steroid dienone is 2. The molecule has 0 saturated heterocycles. The zero-order valence-electron chi connectivity index (χ0n) is 10.6. The van der Waals surface area contributed by atoms with Crippen LogP contribution in [0, 0.1) is 0 Å². The normalized spacial score (nSPS) is 9.89. The number of rotatable bonds is 5. The minimum atomic E-state index is -0.346. The van der Waals surface area contributed by atoms with Gasteiger partial charge >= 0.3 is 0 Å². The summed E-state index contributed by atoms with van der Waals surface area (Å²) < 4.78 is 0. The Labute approximate surface area is 111 Å². The quantitative estimate of drug-likeness (QED) is 0.887. The smallest absolute Gasteiger partial charge is 0.223 e. The highest BCUT2D eigenvalue weighted by Gasteiger charge is 2.11. The van der Waals surface area contributed by atoms with Crippen molar-refractivity contribution in [1.82, 2.24) is 0 Å². The fourth-order valence-corrected chi connectivity index (χ4v) is 2.27. The molecule has 1 amide bonds. The van der Waals surface area contributed by atoms with Crippen LogP contribution < -0.4 is 5.73 Å². The maximum absolute atomic E-state index is 12.0. The zero-order valence-corrected chi connectivity index (χ0v) is 11.4. The second kappa shape index (κ2) is 7.01. The summed E-state index contributed by atoms with van der Waals surface area (Å²) in [6.45, 7) is 3.86. The Balaban J connectivity index is 2.71. The Kier molecular flexibility index (Phi) is 5.65. The van der Waals surface area contributed by atoms with E-state index in [1.54, 1.807) is 12.1 Å². The van der Waals surface area contributed by atoms with Gasteiger partial charge in [-0.25, -0.2) is 0 Å². The lowest BCUT2D eigenvalue weighted by Gasteiger charge is -2.07. The van der Waals surface area contributed by atoms with Gasteiger partial charge in [0.1, 0.15) is 0 Å². The highest BCUT2D eigenvalue weighted by atomic mass is 32.2. The van der Waals surface area contributed by atoms with E-state index in [2.05, 4.69) is 0 Å². The molecule has 1 aromatic carbocycles. The molecule has 0 heterocycles. The van der Waals surface area contributed by atoms with Gasteiger partial charge in [-0.3, -0.25) is 9.59 Å². The minimum Gasteiger partial charge on any atom is -0.370 e. The third kappa shape index (κ3) is 4.75. The fourth-order valence-electron chi connectivity index (χ4n) is 1.38. The van der Waals surface area contributed by atoms with E-state index in [1.165, 1.54) is 11.8 Å². The molecule has 0 atom stereocenters. The van der Waals surface area contributed by atoms with E-state index in [0.717, 1.165) is 10.5 Å². The molecule has 18 heavy (non-hydrogen) atoms. The Morgan fingerprint density at radius 1 is 1.11 bits per heavy atom. The first-order chi connectivity index (χ1) is 8.50. The fraction of sp³-hybridized carbons (Fsp3) is 0.286. The third-order valence-electron chi connectivity index (χ3n) is 2.38. The molecule has 0 aliphatic rings. The van der Waals surface area contributed by atoms with E-state index in [0.29, 0.717) is 12.0 Å². The summed E-state index contributed by atoms with van der Waals surface area (Å²) in [4.78, 5) is 23.7. The van der Waals surface area contributed by atoms with Crippen LogP contribution in [-0.2, 0) is 4.79 Å². The molecular weight excluding hydrogens is 246 g/mol. The Morgan fingerprint density at radius 3 is 2.22 bits per heavy atom.